The third kappa shape index (κ3) is 2.26. The van der Waals surface area contributed by atoms with E-state index in [4.69, 9.17) is 9.47 Å². The summed E-state index contributed by atoms with van der Waals surface area (Å²) in [6.45, 7) is 0.847. The Morgan fingerprint density at radius 3 is 3.11 bits per heavy atom. The van der Waals surface area contributed by atoms with Gasteiger partial charge in [0.2, 0.25) is 0 Å². The Bertz CT molecular complexity index is 532. The standard InChI is InChI=1S/C14H15NO2S/c1-16-13-4-2-3-12(9-13)15-6-5-11(10-15)14-17-7-8-18-14/h2-6,9-10,14H,7-8H2,1H3/t14-/m0/s1. The Labute approximate surface area is 111 Å². The van der Waals surface area contributed by atoms with E-state index in [0.29, 0.717) is 0 Å². The molecule has 0 N–H and O–H groups in total. The first-order chi connectivity index (χ1) is 8.86. The number of nitrogens with zero attached hydrogens (tertiary/aromatic N) is 1. The minimum absolute atomic E-state index is 0.192. The smallest absolute Gasteiger partial charge is 0.130 e. The van der Waals surface area contributed by atoms with Crippen molar-refractivity contribution >= 4 is 11.8 Å². The Morgan fingerprint density at radius 2 is 2.33 bits per heavy atom. The summed E-state index contributed by atoms with van der Waals surface area (Å²) in [5.74, 6) is 1.95. The molecule has 3 rings (SSSR count). The minimum Gasteiger partial charge on any atom is -0.497 e. The number of methoxy groups -OCH3 is 1. The van der Waals surface area contributed by atoms with Gasteiger partial charge >= 0.3 is 0 Å². The lowest BCUT2D eigenvalue weighted by molar-refractivity contribution is 0.145. The predicted octanol–water partition coefficient (Wildman–Crippen LogP) is 3.25. The lowest BCUT2D eigenvalue weighted by Gasteiger charge is -2.07. The number of hydrogen-bond acceptors (Lipinski definition) is 3. The first-order valence-electron chi connectivity index (χ1n) is 5.92. The molecule has 0 unspecified atom stereocenters. The SMILES string of the molecule is COc1cccc(-n2ccc([C@H]3OCCS3)c2)c1. The molecule has 2 aromatic rings. The van der Waals surface area contributed by atoms with E-state index in [9.17, 15) is 0 Å². The molecular formula is C14H15NO2S. The van der Waals surface area contributed by atoms with Crippen molar-refractivity contribution in [2.45, 2.75) is 5.44 Å². The van der Waals surface area contributed by atoms with Gasteiger partial charge < -0.3 is 14.0 Å². The van der Waals surface area contributed by atoms with E-state index in [0.717, 1.165) is 23.8 Å². The largest absolute Gasteiger partial charge is 0.497 e. The van der Waals surface area contributed by atoms with Crippen molar-refractivity contribution in [3.05, 3.63) is 48.3 Å². The fourth-order valence-electron chi connectivity index (χ4n) is 2.04. The van der Waals surface area contributed by atoms with Gasteiger partial charge in [-0.3, -0.25) is 0 Å². The quantitative estimate of drug-likeness (QED) is 0.847. The fraction of sp³-hybridized carbons (Fsp3) is 0.286. The molecule has 1 aliphatic heterocycles. The van der Waals surface area contributed by atoms with Crippen molar-refractivity contribution in [1.29, 1.82) is 0 Å². The summed E-state index contributed by atoms with van der Waals surface area (Å²) in [7, 11) is 1.68. The Balaban J connectivity index is 1.87. The summed E-state index contributed by atoms with van der Waals surface area (Å²) < 4.78 is 13.0. The molecular weight excluding hydrogens is 246 g/mol. The van der Waals surface area contributed by atoms with Crippen LogP contribution in [0.5, 0.6) is 5.75 Å². The molecule has 2 heterocycles. The van der Waals surface area contributed by atoms with Gasteiger partial charge in [0.15, 0.2) is 0 Å². The second-order valence-electron chi connectivity index (χ2n) is 4.13. The number of thioether (sulfide) groups is 1. The van der Waals surface area contributed by atoms with E-state index in [2.05, 4.69) is 29.1 Å². The van der Waals surface area contributed by atoms with Crippen LogP contribution in [0.2, 0.25) is 0 Å². The molecule has 1 saturated heterocycles. The zero-order chi connectivity index (χ0) is 12.4. The predicted molar refractivity (Wildman–Crippen MR) is 73.5 cm³/mol. The molecule has 1 aromatic heterocycles. The van der Waals surface area contributed by atoms with Gasteiger partial charge in [-0.25, -0.2) is 0 Å². The van der Waals surface area contributed by atoms with Crippen LogP contribution >= 0.6 is 11.8 Å². The second-order valence-corrected chi connectivity index (χ2v) is 5.30. The zero-order valence-electron chi connectivity index (χ0n) is 10.2. The maximum absolute atomic E-state index is 5.66. The number of ether oxygens (including phenoxy) is 2. The number of aromatic nitrogens is 1. The molecule has 1 aromatic carbocycles. The van der Waals surface area contributed by atoms with E-state index in [-0.39, 0.29) is 5.44 Å². The fourth-order valence-corrected chi connectivity index (χ4v) is 2.97. The van der Waals surface area contributed by atoms with E-state index < -0.39 is 0 Å². The monoisotopic (exact) mass is 261 g/mol. The molecule has 18 heavy (non-hydrogen) atoms. The third-order valence-electron chi connectivity index (χ3n) is 2.96. The molecule has 1 atom stereocenters. The maximum Gasteiger partial charge on any atom is 0.130 e. The van der Waals surface area contributed by atoms with Gasteiger partial charge in [-0.2, -0.15) is 0 Å². The molecule has 0 radical (unpaired) electrons. The Kier molecular flexibility index (Phi) is 3.30. The van der Waals surface area contributed by atoms with Gasteiger partial charge in [-0.05, 0) is 18.2 Å². The van der Waals surface area contributed by atoms with Crippen LogP contribution in [0.1, 0.15) is 11.0 Å². The third-order valence-corrected chi connectivity index (χ3v) is 4.07. The van der Waals surface area contributed by atoms with Gasteiger partial charge in [-0.1, -0.05) is 6.07 Å². The highest BCUT2D eigenvalue weighted by Gasteiger charge is 2.19. The summed E-state index contributed by atoms with van der Waals surface area (Å²) in [5.41, 5.74) is 2.51. The van der Waals surface area contributed by atoms with Crippen LogP contribution in [0, 0.1) is 0 Å². The lowest BCUT2D eigenvalue weighted by atomic mass is 10.3. The highest BCUT2D eigenvalue weighted by atomic mass is 32.2. The Morgan fingerprint density at radius 1 is 1.39 bits per heavy atom. The van der Waals surface area contributed by atoms with Crippen molar-refractivity contribution in [2.24, 2.45) is 0 Å². The summed E-state index contributed by atoms with van der Waals surface area (Å²) in [6, 6.07) is 10.1. The summed E-state index contributed by atoms with van der Waals surface area (Å²) in [6.07, 6.45) is 4.18. The highest BCUT2D eigenvalue weighted by Crippen LogP contribution is 2.35. The van der Waals surface area contributed by atoms with Crippen LogP contribution in [-0.2, 0) is 4.74 Å². The Hall–Kier alpha value is -1.39. The molecule has 1 fully saturated rings. The number of benzene rings is 1. The molecule has 4 heteroatoms. The molecule has 0 spiro atoms. The van der Waals surface area contributed by atoms with Gasteiger partial charge in [0.05, 0.1) is 13.7 Å². The molecule has 0 saturated carbocycles. The lowest BCUT2D eigenvalue weighted by Crippen LogP contribution is -1.93. The molecule has 94 valence electrons. The second kappa shape index (κ2) is 5.08. The first-order valence-corrected chi connectivity index (χ1v) is 6.97. The van der Waals surface area contributed by atoms with Crippen molar-refractivity contribution in [2.75, 3.05) is 19.5 Å². The topological polar surface area (TPSA) is 23.4 Å². The van der Waals surface area contributed by atoms with E-state index in [1.54, 1.807) is 7.11 Å². The van der Waals surface area contributed by atoms with Crippen molar-refractivity contribution in [1.82, 2.24) is 4.57 Å². The van der Waals surface area contributed by atoms with Gasteiger partial charge in [0, 0.05) is 35.5 Å². The van der Waals surface area contributed by atoms with Crippen LogP contribution < -0.4 is 4.74 Å². The maximum atomic E-state index is 5.66. The van der Waals surface area contributed by atoms with Crippen LogP contribution in [0.25, 0.3) is 5.69 Å². The summed E-state index contributed by atoms with van der Waals surface area (Å²) in [5, 5.41) is 0. The molecule has 1 aliphatic rings. The summed E-state index contributed by atoms with van der Waals surface area (Å²) >= 11 is 1.85. The molecule has 0 bridgehead atoms. The molecule has 3 nitrogen and oxygen atoms in total. The number of hydrogen-bond donors (Lipinski definition) is 0. The average molecular weight is 261 g/mol. The van der Waals surface area contributed by atoms with E-state index in [1.165, 1.54) is 5.56 Å². The van der Waals surface area contributed by atoms with Crippen molar-refractivity contribution in [3.63, 3.8) is 0 Å². The zero-order valence-corrected chi connectivity index (χ0v) is 11.0. The normalized spacial score (nSPS) is 19.1. The van der Waals surface area contributed by atoms with Crippen LogP contribution in [-0.4, -0.2) is 24.0 Å². The van der Waals surface area contributed by atoms with Gasteiger partial charge in [-0.15, -0.1) is 11.8 Å². The van der Waals surface area contributed by atoms with E-state index >= 15 is 0 Å². The van der Waals surface area contributed by atoms with Gasteiger partial charge in [0.1, 0.15) is 11.2 Å². The summed E-state index contributed by atoms with van der Waals surface area (Å²) in [4.78, 5) is 0. The van der Waals surface area contributed by atoms with Crippen molar-refractivity contribution in [3.8, 4) is 11.4 Å². The average Bonchev–Trinajstić information content (AvgIpc) is 3.09. The highest BCUT2D eigenvalue weighted by molar-refractivity contribution is 7.99. The molecule has 0 amide bonds. The van der Waals surface area contributed by atoms with Gasteiger partial charge in [0.25, 0.3) is 0 Å². The van der Waals surface area contributed by atoms with E-state index in [1.807, 2.05) is 30.0 Å². The van der Waals surface area contributed by atoms with Crippen LogP contribution in [0.3, 0.4) is 0 Å². The van der Waals surface area contributed by atoms with Crippen LogP contribution in [0.4, 0.5) is 0 Å². The van der Waals surface area contributed by atoms with Crippen molar-refractivity contribution < 1.29 is 9.47 Å². The minimum atomic E-state index is 0.192. The van der Waals surface area contributed by atoms with Crippen LogP contribution in [0.15, 0.2) is 42.7 Å². The number of rotatable bonds is 3. The first kappa shape index (κ1) is 11.7. The molecule has 0 aliphatic carbocycles.